The Labute approximate surface area is 115 Å². The normalized spacial score (nSPS) is 10.9. The number of rotatable bonds is 3. The average molecular weight is 308 g/mol. The van der Waals surface area contributed by atoms with Crippen molar-refractivity contribution in [3.63, 3.8) is 0 Å². The predicted octanol–water partition coefficient (Wildman–Crippen LogP) is 4.32. The predicted molar refractivity (Wildman–Crippen MR) is 76.9 cm³/mol. The molecule has 0 saturated carbocycles. The minimum Gasteiger partial charge on any atom is -0.305 e. The van der Waals surface area contributed by atoms with E-state index < -0.39 is 0 Å². The van der Waals surface area contributed by atoms with Crippen molar-refractivity contribution in [2.45, 2.75) is 6.54 Å². The van der Waals surface area contributed by atoms with Crippen LogP contribution >= 0.6 is 15.9 Å². The zero-order valence-corrected chi connectivity index (χ0v) is 12.0. The van der Waals surface area contributed by atoms with Crippen LogP contribution in [-0.4, -0.2) is 19.0 Å². The van der Waals surface area contributed by atoms with Gasteiger partial charge in [-0.05, 0) is 58.8 Å². The average Bonchev–Trinajstić information content (AvgIpc) is 2.33. The zero-order valence-electron chi connectivity index (χ0n) is 10.5. The highest BCUT2D eigenvalue weighted by Gasteiger charge is 2.07. The van der Waals surface area contributed by atoms with Crippen molar-refractivity contribution in [2.24, 2.45) is 0 Å². The van der Waals surface area contributed by atoms with E-state index in [0.717, 1.165) is 17.7 Å². The third kappa shape index (κ3) is 2.98. The molecule has 0 spiro atoms. The first-order chi connectivity index (χ1) is 8.58. The molecule has 0 saturated heterocycles. The Morgan fingerprint density at radius 1 is 1.11 bits per heavy atom. The van der Waals surface area contributed by atoms with Gasteiger partial charge in [-0.2, -0.15) is 0 Å². The third-order valence-corrected chi connectivity index (χ3v) is 3.38. The van der Waals surface area contributed by atoms with Crippen LogP contribution in [0.15, 0.2) is 46.9 Å². The van der Waals surface area contributed by atoms with Gasteiger partial charge in [-0.1, -0.05) is 30.3 Å². The first-order valence-corrected chi connectivity index (χ1v) is 6.55. The fourth-order valence-corrected chi connectivity index (χ4v) is 2.19. The quantitative estimate of drug-likeness (QED) is 0.816. The monoisotopic (exact) mass is 307 g/mol. The van der Waals surface area contributed by atoms with Crippen molar-refractivity contribution < 1.29 is 4.39 Å². The van der Waals surface area contributed by atoms with Gasteiger partial charge in [0.2, 0.25) is 0 Å². The molecule has 0 N–H and O–H groups in total. The van der Waals surface area contributed by atoms with Crippen molar-refractivity contribution in [1.82, 2.24) is 4.90 Å². The fourth-order valence-electron chi connectivity index (χ4n) is 1.94. The first kappa shape index (κ1) is 13.2. The standard InChI is InChI=1S/C15H15BrFN/c1-18(2)10-12-5-3-4-6-13(12)11-7-8-14(16)15(17)9-11/h3-9H,10H2,1-2H3. The van der Waals surface area contributed by atoms with Gasteiger partial charge >= 0.3 is 0 Å². The Kier molecular flexibility index (Phi) is 4.15. The van der Waals surface area contributed by atoms with Crippen LogP contribution in [0, 0.1) is 5.82 Å². The summed E-state index contributed by atoms with van der Waals surface area (Å²) in [6.45, 7) is 0.841. The first-order valence-electron chi connectivity index (χ1n) is 5.76. The van der Waals surface area contributed by atoms with Gasteiger partial charge < -0.3 is 4.90 Å². The highest BCUT2D eigenvalue weighted by Crippen LogP contribution is 2.27. The van der Waals surface area contributed by atoms with Gasteiger partial charge in [-0.3, -0.25) is 0 Å². The lowest BCUT2D eigenvalue weighted by atomic mass is 9.99. The summed E-state index contributed by atoms with van der Waals surface area (Å²) in [7, 11) is 4.05. The molecule has 2 aromatic rings. The van der Waals surface area contributed by atoms with Crippen molar-refractivity contribution in [3.8, 4) is 11.1 Å². The van der Waals surface area contributed by atoms with Crippen LogP contribution in [-0.2, 0) is 6.54 Å². The van der Waals surface area contributed by atoms with Crippen molar-refractivity contribution in [2.75, 3.05) is 14.1 Å². The van der Waals surface area contributed by atoms with E-state index in [2.05, 4.69) is 26.9 Å². The summed E-state index contributed by atoms with van der Waals surface area (Å²) in [6, 6.07) is 13.3. The summed E-state index contributed by atoms with van der Waals surface area (Å²) >= 11 is 3.18. The van der Waals surface area contributed by atoms with Crippen LogP contribution < -0.4 is 0 Å². The molecule has 0 bridgehead atoms. The number of halogens is 2. The lowest BCUT2D eigenvalue weighted by Crippen LogP contribution is -2.11. The maximum absolute atomic E-state index is 13.6. The maximum atomic E-state index is 13.6. The maximum Gasteiger partial charge on any atom is 0.137 e. The molecule has 2 rings (SSSR count). The minimum atomic E-state index is -0.229. The van der Waals surface area contributed by atoms with E-state index in [-0.39, 0.29) is 5.82 Å². The molecule has 0 amide bonds. The Balaban J connectivity index is 2.46. The molecule has 94 valence electrons. The highest BCUT2D eigenvalue weighted by molar-refractivity contribution is 9.10. The second-order valence-corrected chi connectivity index (χ2v) is 5.38. The van der Waals surface area contributed by atoms with E-state index >= 15 is 0 Å². The molecule has 0 fully saturated rings. The SMILES string of the molecule is CN(C)Cc1ccccc1-c1ccc(Br)c(F)c1. The van der Waals surface area contributed by atoms with Crippen molar-refractivity contribution in [3.05, 3.63) is 58.3 Å². The Hall–Kier alpha value is -1.19. The molecule has 0 aliphatic carbocycles. The van der Waals surface area contributed by atoms with E-state index in [1.165, 1.54) is 5.56 Å². The van der Waals surface area contributed by atoms with Gasteiger partial charge in [0, 0.05) is 6.54 Å². The summed E-state index contributed by atoms with van der Waals surface area (Å²) < 4.78 is 14.1. The Morgan fingerprint density at radius 3 is 2.50 bits per heavy atom. The van der Waals surface area contributed by atoms with Crippen molar-refractivity contribution >= 4 is 15.9 Å². The molecule has 18 heavy (non-hydrogen) atoms. The second kappa shape index (κ2) is 5.63. The number of hydrogen-bond acceptors (Lipinski definition) is 1. The van der Waals surface area contributed by atoms with E-state index in [0.29, 0.717) is 4.47 Å². The molecule has 3 heteroatoms. The summed E-state index contributed by atoms with van der Waals surface area (Å²) in [5.41, 5.74) is 3.19. The van der Waals surface area contributed by atoms with E-state index in [4.69, 9.17) is 0 Å². The van der Waals surface area contributed by atoms with E-state index in [9.17, 15) is 4.39 Å². The summed E-state index contributed by atoms with van der Waals surface area (Å²) in [6.07, 6.45) is 0. The molecule has 2 aromatic carbocycles. The lowest BCUT2D eigenvalue weighted by Gasteiger charge is -2.14. The van der Waals surface area contributed by atoms with E-state index in [1.807, 2.05) is 38.4 Å². The highest BCUT2D eigenvalue weighted by atomic mass is 79.9. The smallest absolute Gasteiger partial charge is 0.137 e. The molecule has 0 unspecified atom stereocenters. The van der Waals surface area contributed by atoms with Crippen LogP contribution in [0.2, 0.25) is 0 Å². The summed E-state index contributed by atoms with van der Waals surface area (Å²) in [5, 5.41) is 0. The lowest BCUT2D eigenvalue weighted by molar-refractivity contribution is 0.403. The molecule has 0 aromatic heterocycles. The topological polar surface area (TPSA) is 3.24 Å². The third-order valence-electron chi connectivity index (χ3n) is 2.73. The molecule has 1 nitrogen and oxygen atoms in total. The Morgan fingerprint density at radius 2 is 1.83 bits per heavy atom. The van der Waals surface area contributed by atoms with Gasteiger partial charge in [-0.25, -0.2) is 4.39 Å². The second-order valence-electron chi connectivity index (χ2n) is 4.52. The Bertz CT molecular complexity index is 552. The molecular weight excluding hydrogens is 293 g/mol. The van der Waals surface area contributed by atoms with Gasteiger partial charge in [0.1, 0.15) is 5.82 Å². The van der Waals surface area contributed by atoms with Gasteiger partial charge in [0.15, 0.2) is 0 Å². The van der Waals surface area contributed by atoms with Gasteiger partial charge in [-0.15, -0.1) is 0 Å². The summed E-state index contributed by atoms with van der Waals surface area (Å²) in [5.74, 6) is -0.229. The van der Waals surface area contributed by atoms with Crippen LogP contribution in [0.25, 0.3) is 11.1 Å². The van der Waals surface area contributed by atoms with Gasteiger partial charge in [0.05, 0.1) is 4.47 Å². The van der Waals surface area contributed by atoms with Crippen LogP contribution in [0.1, 0.15) is 5.56 Å². The van der Waals surface area contributed by atoms with Crippen LogP contribution in [0.3, 0.4) is 0 Å². The minimum absolute atomic E-state index is 0.229. The molecule has 0 atom stereocenters. The largest absolute Gasteiger partial charge is 0.305 e. The number of benzene rings is 2. The van der Waals surface area contributed by atoms with Crippen LogP contribution in [0.4, 0.5) is 4.39 Å². The zero-order chi connectivity index (χ0) is 13.1. The molecule has 0 aliphatic rings. The number of hydrogen-bond donors (Lipinski definition) is 0. The molecule has 0 heterocycles. The van der Waals surface area contributed by atoms with Crippen molar-refractivity contribution in [1.29, 1.82) is 0 Å². The van der Waals surface area contributed by atoms with Crippen LogP contribution in [0.5, 0.6) is 0 Å². The molecular formula is C15H15BrFN. The van der Waals surface area contributed by atoms with E-state index in [1.54, 1.807) is 12.1 Å². The number of nitrogens with zero attached hydrogens (tertiary/aromatic N) is 1. The molecule has 0 aliphatic heterocycles. The molecule has 0 radical (unpaired) electrons. The fraction of sp³-hybridized carbons (Fsp3) is 0.200. The van der Waals surface area contributed by atoms with Gasteiger partial charge in [0.25, 0.3) is 0 Å². The summed E-state index contributed by atoms with van der Waals surface area (Å²) in [4.78, 5) is 2.11.